The lowest BCUT2D eigenvalue weighted by Crippen LogP contribution is -2.35. The minimum absolute atomic E-state index is 0.0161. The van der Waals surface area contributed by atoms with Crippen LogP contribution in [0.5, 0.6) is 0 Å². The summed E-state index contributed by atoms with van der Waals surface area (Å²) >= 11 is 0. The Hall–Kier alpha value is -1.36. The van der Waals surface area contributed by atoms with Gasteiger partial charge in [0.25, 0.3) is 5.56 Å². The zero-order chi connectivity index (χ0) is 13.7. The predicted octanol–water partition coefficient (Wildman–Crippen LogP) is 1.55. The Morgan fingerprint density at radius 2 is 2.16 bits per heavy atom. The molecule has 1 aliphatic heterocycles. The molecule has 1 fully saturated rings. The molecule has 0 spiro atoms. The number of nitrogens with one attached hydrogen (secondary N) is 1. The van der Waals surface area contributed by atoms with Crippen molar-refractivity contribution in [2.75, 3.05) is 25.0 Å². The van der Waals surface area contributed by atoms with Crippen LogP contribution in [0.3, 0.4) is 0 Å². The second-order valence-corrected chi connectivity index (χ2v) is 5.33. The molecule has 1 aromatic rings. The average Bonchev–Trinajstić information content (AvgIpc) is 2.87. The molecule has 2 rings (SSSR count). The number of aromatic nitrogens is 2. The fraction of sp³-hybridized carbons (Fsp3) is 0.714. The van der Waals surface area contributed by atoms with E-state index in [1.807, 2.05) is 0 Å². The monoisotopic (exact) mass is 264 g/mol. The first kappa shape index (κ1) is 14.1. The van der Waals surface area contributed by atoms with Crippen LogP contribution in [0, 0.1) is 0 Å². The molecule has 0 amide bonds. The molecule has 0 radical (unpaired) electrons. The topological polar surface area (TPSA) is 50.2 Å². The van der Waals surface area contributed by atoms with Gasteiger partial charge in [-0.2, -0.15) is 0 Å². The van der Waals surface area contributed by atoms with E-state index in [4.69, 9.17) is 0 Å². The summed E-state index contributed by atoms with van der Waals surface area (Å²) in [6, 6.07) is 0.246. The van der Waals surface area contributed by atoms with Crippen LogP contribution in [-0.2, 0) is 6.54 Å². The Labute approximate surface area is 114 Å². The van der Waals surface area contributed by atoms with Crippen LogP contribution in [0.15, 0.2) is 17.2 Å². The number of nitrogens with zero attached hydrogens (tertiary/aromatic N) is 3. The van der Waals surface area contributed by atoms with E-state index in [1.54, 1.807) is 17.0 Å². The van der Waals surface area contributed by atoms with Gasteiger partial charge in [0, 0.05) is 31.5 Å². The van der Waals surface area contributed by atoms with Crippen molar-refractivity contribution >= 4 is 5.82 Å². The minimum Gasteiger partial charge on any atom is -0.362 e. The number of hydrogen-bond acceptors (Lipinski definition) is 4. The van der Waals surface area contributed by atoms with Crippen LogP contribution in [0.1, 0.15) is 33.1 Å². The van der Waals surface area contributed by atoms with Gasteiger partial charge < -0.3 is 14.8 Å². The molecule has 1 aliphatic rings. The van der Waals surface area contributed by atoms with E-state index in [0.717, 1.165) is 19.5 Å². The van der Waals surface area contributed by atoms with E-state index in [-0.39, 0.29) is 11.6 Å². The summed E-state index contributed by atoms with van der Waals surface area (Å²) in [5.41, 5.74) is -0.0161. The van der Waals surface area contributed by atoms with Crippen LogP contribution in [0.2, 0.25) is 0 Å². The van der Waals surface area contributed by atoms with Crippen molar-refractivity contribution in [2.45, 2.75) is 45.7 Å². The lowest BCUT2D eigenvalue weighted by atomic mass is 10.3. The Morgan fingerprint density at radius 1 is 1.42 bits per heavy atom. The second kappa shape index (κ2) is 6.70. The maximum absolute atomic E-state index is 12.2. The molecule has 5 heteroatoms. The Bertz CT molecular complexity index is 451. The third-order valence-electron chi connectivity index (χ3n) is 3.49. The van der Waals surface area contributed by atoms with Crippen molar-refractivity contribution in [3.8, 4) is 0 Å². The van der Waals surface area contributed by atoms with Crippen molar-refractivity contribution in [2.24, 2.45) is 0 Å². The lowest BCUT2D eigenvalue weighted by molar-refractivity contribution is 0.327. The van der Waals surface area contributed by atoms with Crippen LogP contribution in [-0.4, -0.2) is 40.1 Å². The molecule has 5 nitrogen and oxygen atoms in total. The van der Waals surface area contributed by atoms with Crippen molar-refractivity contribution in [1.29, 1.82) is 0 Å². The SMILES string of the molecule is CCCn1ccnc(NC(C)CN2CCCC2)c1=O. The predicted molar refractivity (Wildman–Crippen MR) is 77.5 cm³/mol. The molecular weight excluding hydrogens is 240 g/mol. The smallest absolute Gasteiger partial charge is 0.293 e. The number of aryl methyl sites for hydroxylation is 1. The van der Waals surface area contributed by atoms with Crippen LogP contribution >= 0.6 is 0 Å². The molecule has 106 valence electrons. The van der Waals surface area contributed by atoms with Gasteiger partial charge >= 0.3 is 0 Å². The normalized spacial score (nSPS) is 17.6. The molecule has 0 aromatic carbocycles. The molecule has 2 heterocycles. The van der Waals surface area contributed by atoms with Gasteiger partial charge in [-0.1, -0.05) is 6.92 Å². The van der Waals surface area contributed by atoms with Gasteiger partial charge in [0.15, 0.2) is 5.82 Å². The highest BCUT2D eigenvalue weighted by molar-refractivity contribution is 5.32. The third kappa shape index (κ3) is 3.80. The molecular formula is C14H24N4O. The molecule has 1 aromatic heterocycles. The fourth-order valence-electron chi connectivity index (χ4n) is 2.59. The third-order valence-corrected chi connectivity index (χ3v) is 3.49. The number of hydrogen-bond donors (Lipinski definition) is 1. The quantitative estimate of drug-likeness (QED) is 0.847. The highest BCUT2D eigenvalue weighted by Crippen LogP contribution is 2.08. The van der Waals surface area contributed by atoms with Gasteiger partial charge in [0.1, 0.15) is 0 Å². The maximum atomic E-state index is 12.2. The van der Waals surface area contributed by atoms with Gasteiger partial charge in [-0.15, -0.1) is 0 Å². The second-order valence-electron chi connectivity index (χ2n) is 5.33. The Kier molecular flexibility index (Phi) is 4.96. The summed E-state index contributed by atoms with van der Waals surface area (Å²) in [5, 5.41) is 3.25. The summed E-state index contributed by atoms with van der Waals surface area (Å²) < 4.78 is 1.72. The average molecular weight is 264 g/mol. The first-order valence-electron chi connectivity index (χ1n) is 7.25. The molecule has 0 aliphatic carbocycles. The molecule has 0 saturated carbocycles. The first-order chi connectivity index (χ1) is 9.20. The highest BCUT2D eigenvalue weighted by Gasteiger charge is 2.15. The molecule has 1 atom stereocenters. The minimum atomic E-state index is -0.0161. The van der Waals surface area contributed by atoms with Gasteiger partial charge in [0.2, 0.25) is 0 Å². The van der Waals surface area contributed by atoms with Crippen LogP contribution in [0.25, 0.3) is 0 Å². The fourth-order valence-corrected chi connectivity index (χ4v) is 2.59. The summed E-state index contributed by atoms with van der Waals surface area (Å²) in [7, 11) is 0. The summed E-state index contributed by atoms with van der Waals surface area (Å²) in [5.74, 6) is 0.475. The zero-order valence-corrected chi connectivity index (χ0v) is 11.9. The zero-order valence-electron chi connectivity index (χ0n) is 11.9. The van der Waals surface area contributed by atoms with E-state index >= 15 is 0 Å². The summed E-state index contributed by atoms with van der Waals surface area (Å²) in [6.45, 7) is 8.25. The van der Waals surface area contributed by atoms with E-state index in [2.05, 4.69) is 29.0 Å². The van der Waals surface area contributed by atoms with E-state index in [0.29, 0.717) is 5.82 Å². The van der Waals surface area contributed by atoms with Crippen molar-refractivity contribution < 1.29 is 0 Å². The Balaban J connectivity index is 1.97. The van der Waals surface area contributed by atoms with E-state index in [1.165, 1.54) is 25.9 Å². The Morgan fingerprint density at radius 3 is 2.84 bits per heavy atom. The highest BCUT2D eigenvalue weighted by atomic mass is 16.1. The van der Waals surface area contributed by atoms with Gasteiger partial charge in [-0.25, -0.2) is 4.98 Å². The number of rotatable bonds is 6. The molecule has 1 N–H and O–H groups in total. The first-order valence-corrected chi connectivity index (χ1v) is 7.25. The largest absolute Gasteiger partial charge is 0.362 e. The van der Waals surface area contributed by atoms with Gasteiger partial charge in [-0.05, 0) is 39.3 Å². The maximum Gasteiger partial charge on any atom is 0.293 e. The van der Waals surface area contributed by atoms with Crippen molar-refractivity contribution in [3.63, 3.8) is 0 Å². The standard InChI is InChI=1S/C14H24N4O/c1-3-7-18-10-6-15-13(14(18)19)16-12(2)11-17-8-4-5-9-17/h6,10,12H,3-5,7-9,11H2,1-2H3,(H,15,16). The lowest BCUT2D eigenvalue weighted by Gasteiger charge is -2.21. The molecule has 1 unspecified atom stereocenters. The number of anilines is 1. The summed E-state index contributed by atoms with van der Waals surface area (Å²) in [4.78, 5) is 18.8. The van der Waals surface area contributed by atoms with Gasteiger partial charge in [0.05, 0.1) is 0 Å². The molecule has 0 bridgehead atoms. The number of likely N-dealkylation sites (tertiary alicyclic amines) is 1. The van der Waals surface area contributed by atoms with Gasteiger partial charge in [-0.3, -0.25) is 4.79 Å². The van der Waals surface area contributed by atoms with E-state index in [9.17, 15) is 4.79 Å². The van der Waals surface area contributed by atoms with Crippen LogP contribution in [0.4, 0.5) is 5.82 Å². The van der Waals surface area contributed by atoms with Crippen molar-refractivity contribution in [3.05, 3.63) is 22.7 Å². The molecule has 19 heavy (non-hydrogen) atoms. The summed E-state index contributed by atoms with van der Waals surface area (Å²) in [6.07, 6.45) is 6.98. The molecule has 1 saturated heterocycles. The van der Waals surface area contributed by atoms with Crippen molar-refractivity contribution in [1.82, 2.24) is 14.5 Å². The van der Waals surface area contributed by atoms with Crippen LogP contribution < -0.4 is 10.9 Å². The van der Waals surface area contributed by atoms with E-state index < -0.39 is 0 Å².